The molecular weight excluding hydrogens is 144 g/mol. The van der Waals surface area contributed by atoms with Crippen molar-refractivity contribution >= 4 is 18.5 Å². The average molecular weight is 160 g/mol. The zero-order valence-electron chi connectivity index (χ0n) is 6.86. The van der Waals surface area contributed by atoms with Crippen LogP contribution in [0, 0.1) is 5.41 Å². The van der Waals surface area contributed by atoms with Gasteiger partial charge in [-0.1, -0.05) is 0 Å². The van der Waals surface area contributed by atoms with E-state index in [2.05, 4.69) is 17.9 Å². The Bertz CT molecular complexity index is 115. The van der Waals surface area contributed by atoms with Crippen LogP contribution in [0.25, 0.3) is 0 Å². The highest BCUT2D eigenvalue weighted by Crippen LogP contribution is 1.99. The maximum absolute atomic E-state index is 7.38. The number of nitrogens with one attached hydrogen (secondary N) is 2. The lowest BCUT2D eigenvalue weighted by atomic mass is 10.1. The van der Waals surface area contributed by atoms with Crippen LogP contribution in [-0.2, 0) is 0 Å². The second-order valence-corrected chi connectivity index (χ2v) is 3.77. The maximum atomic E-state index is 7.38. The Balaban J connectivity index is 3.58. The first-order valence-corrected chi connectivity index (χ1v) is 4.05. The van der Waals surface area contributed by atoms with E-state index < -0.39 is 0 Å². The lowest BCUT2D eigenvalue weighted by Crippen LogP contribution is -2.40. The van der Waals surface area contributed by atoms with Crippen LogP contribution in [0.5, 0.6) is 0 Å². The van der Waals surface area contributed by atoms with Gasteiger partial charge in [-0.2, -0.15) is 12.6 Å². The summed E-state index contributed by atoms with van der Waals surface area (Å²) in [4.78, 5) is 0. The van der Waals surface area contributed by atoms with Crippen LogP contribution in [0.4, 0.5) is 0 Å². The molecule has 2 nitrogen and oxygen atoms in total. The average Bonchev–Trinajstić information content (AvgIpc) is 1.59. The fraction of sp³-hybridized carbons (Fsp3) is 0.857. The van der Waals surface area contributed by atoms with E-state index in [1.54, 1.807) is 0 Å². The van der Waals surface area contributed by atoms with Gasteiger partial charge in [0, 0.05) is 12.0 Å². The summed E-state index contributed by atoms with van der Waals surface area (Å²) in [6.45, 7) is 6.13. The molecule has 0 aromatic rings. The number of thiol groups is 1. The SMILES string of the molecule is CC(C)(C)NC(=N)CCS. The Labute approximate surface area is 68.3 Å². The Morgan fingerprint density at radius 1 is 1.50 bits per heavy atom. The second-order valence-electron chi connectivity index (χ2n) is 3.33. The van der Waals surface area contributed by atoms with Gasteiger partial charge < -0.3 is 5.32 Å². The Kier molecular flexibility index (Phi) is 3.79. The highest BCUT2D eigenvalue weighted by molar-refractivity contribution is 7.80. The van der Waals surface area contributed by atoms with Crippen molar-refractivity contribution in [1.29, 1.82) is 5.41 Å². The van der Waals surface area contributed by atoms with Gasteiger partial charge in [0.25, 0.3) is 0 Å². The monoisotopic (exact) mass is 160 g/mol. The van der Waals surface area contributed by atoms with Gasteiger partial charge in [-0.25, -0.2) is 0 Å². The fourth-order valence-electron chi connectivity index (χ4n) is 0.627. The van der Waals surface area contributed by atoms with Crippen molar-refractivity contribution in [3.8, 4) is 0 Å². The topological polar surface area (TPSA) is 35.9 Å². The molecule has 0 atom stereocenters. The normalized spacial score (nSPS) is 11.2. The lowest BCUT2D eigenvalue weighted by molar-refractivity contribution is 0.506. The number of amidine groups is 1. The molecule has 3 heteroatoms. The first-order chi connectivity index (χ1) is 4.45. The van der Waals surface area contributed by atoms with E-state index in [0.29, 0.717) is 5.84 Å². The third kappa shape index (κ3) is 5.95. The van der Waals surface area contributed by atoms with E-state index in [0.717, 1.165) is 12.2 Å². The smallest absolute Gasteiger partial charge is 0.0943 e. The number of rotatable bonds is 2. The van der Waals surface area contributed by atoms with Gasteiger partial charge in [0.2, 0.25) is 0 Å². The van der Waals surface area contributed by atoms with Gasteiger partial charge in [0.1, 0.15) is 0 Å². The fourth-order valence-corrected chi connectivity index (χ4v) is 0.851. The van der Waals surface area contributed by atoms with E-state index in [1.807, 2.05) is 20.8 Å². The molecule has 0 heterocycles. The molecule has 0 aliphatic rings. The molecule has 2 N–H and O–H groups in total. The van der Waals surface area contributed by atoms with E-state index in [1.165, 1.54) is 0 Å². The van der Waals surface area contributed by atoms with Crippen LogP contribution in [0.2, 0.25) is 0 Å². The van der Waals surface area contributed by atoms with E-state index in [-0.39, 0.29) is 5.54 Å². The first-order valence-electron chi connectivity index (χ1n) is 3.42. The summed E-state index contributed by atoms with van der Waals surface area (Å²) in [6, 6.07) is 0. The summed E-state index contributed by atoms with van der Waals surface area (Å²) in [5, 5.41) is 10.4. The Morgan fingerprint density at radius 2 is 2.00 bits per heavy atom. The number of hydrogen-bond acceptors (Lipinski definition) is 2. The summed E-state index contributed by atoms with van der Waals surface area (Å²) in [5.41, 5.74) is 0.0139. The van der Waals surface area contributed by atoms with Gasteiger partial charge >= 0.3 is 0 Å². The van der Waals surface area contributed by atoms with Crippen LogP contribution in [-0.4, -0.2) is 17.1 Å². The van der Waals surface area contributed by atoms with Crippen molar-refractivity contribution in [2.75, 3.05) is 5.75 Å². The van der Waals surface area contributed by atoms with Gasteiger partial charge in [0.05, 0.1) is 5.84 Å². The summed E-state index contributed by atoms with van der Waals surface area (Å²) in [5.74, 6) is 1.31. The maximum Gasteiger partial charge on any atom is 0.0943 e. The molecule has 0 unspecified atom stereocenters. The third-order valence-electron chi connectivity index (χ3n) is 0.888. The molecule has 0 saturated heterocycles. The van der Waals surface area contributed by atoms with Crippen LogP contribution in [0.1, 0.15) is 27.2 Å². The van der Waals surface area contributed by atoms with Crippen molar-refractivity contribution in [1.82, 2.24) is 5.32 Å². The Hall–Kier alpha value is -0.180. The highest BCUT2D eigenvalue weighted by Gasteiger charge is 2.09. The molecule has 0 bridgehead atoms. The molecule has 0 aromatic carbocycles. The van der Waals surface area contributed by atoms with Crippen molar-refractivity contribution in [3.05, 3.63) is 0 Å². The van der Waals surface area contributed by atoms with Crippen molar-refractivity contribution < 1.29 is 0 Å². The van der Waals surface area contributed by atoms with E-state index in [4.69, 9.17) is 5.41 Å². The largest absolute Gasteiger partial charge is 0.369 e. The van der Waals surface area contributed by atoms with Crippen molar-refractivity contribution in [3.63, 3.8) is 0 Å². The third-order valence-corrected chi connectivity index (χ3v) is 1.11. The predicted molar refractivity (Wildman–Crippen MR) is 49.1 cm³/mol. The molecule has 0 aromatic heterocycles. The lowest BCUT2D eigenvalue weighted by Gasteiger charge is -2.21. The molecule has 60 valence electrons. The molecule has 0 aliphatic heterocycles. The summed E-state index contributed by atoms with van der Waals surface area (Å²) < 4.78 is 0. The summed E-state index contributed by atoms with van der Waals surface area (Å²) >= 11 is 4.03. The minimum atomic E-state index is 0.0139. The van der Waals surface area contributed by atoms with Gasteiger partial charge in [-0.3, -0.25) is 5.41 Å². The Morgan fingerprint density at radius 3 is 2.30 bits per heavy atom. The standard InChI is InChI=1S/C7H16N2S/c1-7(2,3)9-6(8)4-5-10/h10H,4-5H2,1-3H3,(H2,8,9). The molecule has 0 amide bonds. The van der Waals surface area contributed by atoms with Crippen molar-refractivity contribution in [2.45, 2.75) is 32.7 Å². The van der Waals surface area contributed by atoms with Crippen molar-refractivity contribution in [2.24, 2.45) is 0 Å². The first kappa shape index (κ1) is 9.82. The highest BCUT2D eigenvalue weighted by atomic mass is 32.1. The van der Waals surface area contributed by atoms with Crippen LogP contribution < -0.4 is 5.32 Å². The molecular formula is C7H16N2S. The van der Waals surface area contributed by atoms with Gasteiger partial charge in [-0.05, 0) is 26.5 Å². The van der Waals surface area contributed by atoms with Crippen LogP contribution >= 0.6 is 12.6 Å². The minimum Gasteiger partial charge on any atom is -0.369 e. The molecule has 0 rings (SSSR count). The zero-order valence-corrected chi connectivity index (χ0v) is 7.76. The predicted octanol–water partition coefficient (Wildman–Crippen LogP) is 1.67. The molecule has 0 aliphatic carbocycles. The van der Waals surface area contributed by atoms with E-state index in [9.17, 15) is 0 Å². The molecule has 0 spiro atoms. The zero-order chi connectivity index (χ0) is 8.20. The minimum absolute atomic E-state index is 0.0139. The second kappa shape index (κ2) is 3.86. The number of hydrogen-bond donors (Lipinski definition) is 3. The van der Waals surface area contributed by atoms with Gasteiger partial charge in [0.15, 0.2) is 0 Å². The quantitative estimate of drug-likeness (QED) is 0.321. The molecule has 0 saturated carbocycles. The summed E-state index contributed by atoms with van der Waals surface area (Å²) in [7, 11) is 0. The van der Waals surface area contributed by atoms with E-state index >= 15 is 0 Å². The molecule has 0 radical (unpaired) electrons. The summed E-state index contributed by atoms with van der Waals surface area (Å²) in [6.07, 6.45) is 0.723. The van der Waals surface area contributed by atoms with Crippen LogP contribution in [0.3, 0.4) is 0 Å². The molecule has 0 fully saturated rings. The van der Waals surface area contributed by atoms with Crippen LogP contribution in [0.15, 0.2) is 0 Å². The van der Waals surface area contributed by atoms with Gasteiger partial charge in [-0.15, -0.1) is 0 Å². The molecule has 10 heavy (non-hydrogen) atoms.